The number of aliphatic hydroxyl groups is 1. The topological polar surface area (TPSA) is 52.6 Å². The predicted molar refractivity (Wildman–Crippen MR) is 78.0 cm³/mol. The second-order valence-electron chi connectivity index (χ2n) is 6.79. The summed E-state index contributed by atoms with van der Waals surface area (Å²) in [5.41, 5.74) is -0.726. The minimum atomic E-state index is -0.576. The number of likely N-dealkylation sites (tertiary alicyclic amines) is 1. The Bertz CT molecular complexity index is 313. The van der Waals surface area contributed by atoms with Gasteiger partial charge in [0, 0.05) is 12.1 Å². The maximum Gasteiger partial charge on any atom is 0.237 e. The number of rotatable bonds is 4. The summed E-state index contributed by atoms with van der Waals surface area (Å²) in [5, 5.41) is 13.2. The summed E-state index contributed by atoms with van der Waals surface area (Å²) in [7, 11) is 0. The number of hydrogen-bond donors (Lipinski definition) is 2. The molecule has 0 bridgehead atoms. The van der Waals surface area contributed by atoms with Crippen molar-refractivity contribution in [2.45, 2.75) is 77.5 Å². The van der Waals surface area contributed by atoms with E-state index in [1.807, 2.05) is 27.7 Å². The second-order valence-corrected chi connectivity index (χ2v) is 6.79. The first-order chi connectivity index (χ1) is 8.67. The van der Waals surface area contributed by atoms with Crippen molar-refractivity contribution in [1.82, 2.24) is 10.2 Å². The zero-order valence-electron chi connectivity index (χ0n) is 13.1. The Labute approximate surface area is 117 Å². The Balaban J connectivity index is 2.57. The van der Waals surface area contributed by atoms with Crippen LogP contribution >= 0.6 is 0 Å². The van der Waals surface area contributed by atoms with E-state index >= 15 is 0 Å². The summed E-state index contributed by atoms with van der Waals surface area (Å²) < 4.78 is 0. The Hall–Kier alpha value is -0.610. The molecule has 0 aromatic carbocycles. The molecule has 2 N–H and O–H groups in total. The van der Waals surface area contributed by atoms with Gasteiger partial charge in [-0.25, -0.2) is 0 Å². The number of carbonyl (C=O) groups excluding carboxylic acids is 1. The van der Waals surface area contributed by atoms with Gasteiger partial charge in [-0.15, -0.1) is 0 Å². The molecule has 0 aromatic rings. The van der Waals surface area contributed by atoms with Crippen molar-refractivity contribution in [3.63, 3.8) is 0 Å². The van der Waals surface area contributed by atoms with E-state index in [1.54, 1.807) is 0 Å². The highest BCUT2D eigenvalue weighted by atomic mass is 16.3. The number of hydrogen-bond acceptors (Lipinski definition) is 3. The average Bonchev–Trinajstić information content (AvgIpc) is 2.49. The number of amides is 1. The third-order valence-electron chi connectivity index (χ3n) is 4.37. The summed E-state index contributed by atoms with van der Waals surface area (Å²) in [4.78, 5) is 14.5. The zero-order chi connectivity index (χ0) is 14.7. The second kappa shape index (κ2) is 6.23. The number of nitrogens with zero attached hydrogens (tertiary/aromatic N) is 1. The molecule has 2 unspecified atom stereocenters. The summed E-state index contributed by atoms with van der Waals surface area (Å²) in [6.07, 6.45) is 3.42. The molecule has 1 rings (SSSR count). The lowest BCUT2D eigenvalue weighted by molar-refractivity contribution is -0.127. The van der Waals surface area contributed by atoms with Gasteiger partial charge >= 0.3 is 0 Å². The normalized spacial score (nSPS) is 27.7. The van der Waals surface area contributed by atoms with E-state index in [-0.39, 0.29) is 17.5 Å². The molecule has 4 nitrogen and oxygen atoms in total. The molecule has 0 radical (unpaired) electrons. The molecule has 4 heteroatoms. The van der Waals surface area contributed by atoms with Gasteiger partial charge in [0.15, 0.2) is 0 Å². The average molecular weight is 270 g/mol. The molecule has 19 heavy (non-hydrogen) atoms. The van der Waals surface area contributed by atoms with Crippen LogP contribution in [0.15, 0.2) is 0 Å². The quantitative estimate of drug-likeness (QED) is 0.820. The van der Waals surface area contributed by atoms with Gasteiger partial charge in [-0.05, 0) is 59.9 Å². The first kappa shape index (κ1) is 16.4. The molecule has 0 saturated carbocycles. The van der Waals surface area contributed by atoms with Crippen molar-refractivity contribution in [2.75, 3.05) is 13.1 Å². The molecule has 1 aliphatic rings. The molecule has 0 aliphatic carbocycles. The van der Waals surface area contributed by atoms with Crippen LogP contribution in [0.1, 0.15) is 60.3 Å². The highest BCUT2D eigenvalue weighted by molar-refractivity contribution is 5.82. The monoisotopic (exact) mass is 270 g/mol. The fraction of sp³-hybridized carbons (Fsp3) is 0.933. The third-order valence-corrected chi connectivity index (χ3v) is 4.37. The summed E-state index contributed by atoms with van der Waals surface area (Å²) in [5.74, 6) is 0.0911. The Kier molecular flexibility index (Phi) is 5.39. The van der Waals surface area contributed by atoms with Crippen LogP contribution in [-0.2, 0) is 4.79 Å². The first-order valence-electron chi connectivity index (χ1n) is 7.45. The van der Waals surface area contributed by atoms with Crippen LogP contribution in [0.25, 0.3) is 0 Å². The van der Waals surface area contributed by atoms with Crippen molar-refractivity contribution in [2.24, 2.45) is 0 Å². The first-order valence-corrected chi connectivity index (χ1v) is 7.45. The van der Waals surface area contributed by atoms with E-state index in [9.17, 15) is 9.90 Å². The Morgan fingerprint density at radius 2 is 2.05 bits per heavy atom. The number of nitrogens with one attached hydrogen (secondary N) is 1. The molecule has 1 saturated heterocycles. The van der Waals surface area contributed by atoms with Gasteiger partial charge in [0.05, 0.1) is 11.6 Å². The van der Waals surface area contributed by atoms with Crippen molar-refractivity contribution < 1.29 is 9.90 Å². The summed E-state index contributed by atoms with van der Waals surface area (Å²) >= 11 is 0. The summed E-state index contributed by atoms with van der Waals surface area (Å²) in [6.45, 7) is 11.7. The standard InChI is InChI=1S/C15H30N2O2/c1-6-14(3,4)16-13(18)12(2)17-10-7-8-15(5,19)9-11-17/h12,19H,6-11H2,1-5H3,(H,16,18). The van der Waals surface area contributed by atoms with Gasteiger partial charge in [0.1, 0.15) is 0 Å². The van der Waals surface area contributed by atoms with Crippen molar-refractivity contribution in [3.05, 3.63) is 0 Å². The van der Waals surface area contributed by atoms with Crippen molar-refractivity contribution in [3.8, 4) is 0 Å². The summed E-state index contributed by atoms with van der Waals surface area (Å²) in [6, 6.07) is -0.125. The van der Waals surface area contributed by atoms with Crippen molar-refractivity contribution in [1.29, 1.82) is 0 Å². The van der Waals surface area contributed by atoms with Crippen LogP contribution in [0.5, 0.6) is 0 Å². The van der Waals surface area contributed by atoms with E-state index in [1.165, 1.54) is 0 Å². The zero-order valence-corrected chi connectivity index (χ0v) is 13.1. The lowest BCUT2D eigenvalue weighted by Gasteiger charge is -2.31. The van der Waals surface area contributed by atoms with E-state index < -0.39 is 5.60 Å². The highest BCUT2D eigenvalue weighted by Gasteiger charge is 2.30. The molecule has 1 fully saturated rings. The van der Waals surface area contributed by atoms with Crippen LogP contribution < -0.4 is 5.32 Å². The molecule has 1 aliphatic heterocycles. The smallest absolute Gasteiger partial charge is 0.237 e. The van der Waals surface area contributed by atoms with Crippen LogP contribution in [0, 0.1) is 0 Å². The van der Waals surface area contributed by atoms with Gasteiger partial charge in [0.25, 0.3) is 0 Å². The van der Waals surface area contributed by atoms with Gasteiger partial charge in [-0.2, -0.15) is 0 Å². The SMILES string of the molecule is CCC(C)(C)NC(=O)C(C)N1CCCC(C)(O)CC1. The molecule has 1 amide bonds. The molecule has 2 atom stereocenters. The lowest BCUT2D eigenvalue weighted by Crippen LogP contribution is -2.52. The maximum atomic E-state index is 12.3. The van der Waals surface area contributed by atoms with Gasteiger partial charge < -0.3 is 10.4 Å². The Morgan fingerprint density at radius 1 is 1.42 bits per heavy atom. The third kappa shape index (κ3) is 5.11. The highest BCUT2D eigenvalue weighted by Crippen LogP contribution is 2.22. The molecular formula is C15H30N2O2. The largest absolute Gasteiger partial charge is 0.390 e. The Morgan fingerprint density at radius 3 is 2.63 bits per heavy atom. The molecule has 1 heterocycles. The minimum Gasteiger partial charge on any atom is -0.390 e. The van der Waals surface area contributed by atoms with Crippen molar-refractivity contribution >= 4 is 5.91 Å². The predicted octanol–water partition coefficient (Wildman–Crippen LogP) is 1.92. The fourth-order valence-corrected chi connectivity index (χ4v) is 2.36. The van der Waals surface area contributed by atoms with Gasteiger partial charge in [-0.1, -0.05) is 6.92 Å². The molecular weight excluding hydrogens is 240 g/mol. The van der Waals surface area contributed by atoms with Gasteiger partial charge in [-0.3, -0.25) is 9.69 Å². The molecule has 0 aromatic heterocycles. The minimum absolute atomic E-state index is 0.0911. The number of carbonyl (C=O) groups is 1. The molecule has 0 spiro atoms. The van der Waals surface area contributed by atoms with Crippen LogP contribution in [0.4, 0.5) is 0 Å². The van der Waals surface area contributed by atoms with E-state index in [4.69, 9.17) is 0 Å². The lowest BCUT2D eigenvalue weighted by atomic mass is 9.98. The van der Waals surface area contributed by atoms with Crippen LogP contribution in [0.3, 0.4) is 0 Å². The maximum absolute atomic E-state index is 12.3. The van der Waals surface area contributed by atoms with Crippen LogP contribution in [-0.4, -0.2) is 46.2 Å². The van der Waals surface area contributed by atoms with E-state index in [2.05, 4.69) is 17.1 Å². The van der Waals surface area contributed by atoms with E-state index in [0.717, 1.165) is 38.8 Å². The van der Waals surface area contributed by atoms with Crippen LogP contribution in [0.2, 0.25) is 0 Å². The van der Waals surface area contributed by atoms with Gasteiger partial charge in [0.2, 0.25) is 5.91 Å². The fourth-order valence-electron chi connectivity index (χ4n) is 2.36. The van der Waals surface area contributed by atoms with E-state index in [0.29, 0.717) is 0 Å². The molecule has 112 valence electrons.